The zero-order valence-electron chi connectivity index (χ0n) is 12.3. The molecule has 19 heteroatoms. The van der Waals surface area contributed by atoms with Gasteiger partial charge in [0.1, 0.15) is 0 Å². The topological polar surface area (TPSA) is 37.3 Å². The Balaban J connectivity index is 4.25. The maximum atomic E-state index is 14.1. The van der Waals surface area contributed by atoms with E-state index in [-0.39, 0.29) is 0 Å². The van der Waals surface area contributed by atoms with Gasteiger partial charge in [-0.05, 0) is 0 Å². The predicted molar refractivity (Wildman–Crippen MR) is 51.1 cm³/mol. The lowest BCUT2D eigenvalue weighted by Crippen LogP contribution is -2.91. The van der Waals surface area contributed by atoms with Gasteiger partial charge in [-0.3, -0.25) is 0 Å². The van der Waals surface area contributed by atoms with Crippen LogP contribution in [-0.2, 0) is 4.79 Å². The van der Waals surface area contributed by atoms with Crippen molar-refractivity contribution in [3.63, 3.8) is 0 Å². The molecule has 29 heavy (non-hydrogen) atoms. The molecule has 0 spiro atoms. The van der Waals surface area contributed by atoms with Crippen LogP contribution in [0.25, 0.3) is 0 Å². The van der Waals surface area contributed by atoms with Gasteiger partial charge in [0.05, 0.1) is 0 Å². The molecule has 0 aromatic rings. The molecular formula is C10HF17O2. The number of alkyl halides is 17. The fraction of sp³-hybridized carbons (Fsp3) is 0.900. The van der Waals surface area contributed by atoms with Crippen LogP contribution in [-0.4, -0.2) is 64.1 Å². The number of carbonyl (C=O) groups is 1. The second-order valence-electron chi connectivity index (χ2n) is 5.57. The quantitative estimate of drug-likeness (QED) is 0.591. The fourth-order valence-corrected chi connectivity index (χ4v) is 2.32. The Hall–Kier alpha value is -1.72. The molecule has 172 valence electrons. The molecule has 1 rings (SSSR count). The van der Waals surface area contributed by atoms with E-state index in [1.807, 2.05) is 0 Å². The zero-order valence-corrected chi connectivity index (χ0v) is 12.3. The van der Waals surface area contributed by atoms with Gasteiger partial charge in [0.2, 0.25) is 0 Å². The maximum absolute atomic E-state index is 14.1. The molecule has 1 aliphatic carbocycles. The van der Waals surface area contributed by atoms with Gasteiger partial charge >= 0.3 is 59.0 Å². The summed E-state index contributed by atoms with van der Waals surface area (Å²) in [6.07, 6.45) is -7.97. The number of rotatable bonds is 3. The lowest BCUT2D eigenvalue weighted by molar-refractivity contribution is -0.501. The van der Waals surface area contributed by atoms with Gasteiger partial charge in [-0.15, -0.1) is 0 Å². The van der Waals surface area contributed by atoms with E-state index in [2.05, 4.69) is 0 Å². The minimum absolute atomic E-state index is 4.75. The van der Waals surface area contributed by atoms with Crippen molar-refractivity contribution in [2.24, 2.45) is 0 Å². The van der Waals surface area contributed by atoms with E-state index in [0.717, 1.165) is 0 Å². The monoisotopic (exact) mass is 476 g/mol. The first kappa shape index (κ1) is 25.3. The Labute approximate surface area is 145 Å². The second-order valence-corrected chi connectivity index (χ2v) is 5.57. The lowest BCUT2D eigenvalue weighted by Gasteiger charge is -2.56. The van der Waals surface area contributed by atoms with E-state index in [0.29, 0.717) is 0 Å². The summed E-state index contributed by atoms with van der Waals surface area (Å²) in [6, 6.07) is 0. The van der Waals surface area contributed by atoms with Crippen LogP contribution in [0.3, 0.4) is 0 Å². The van der Waals surface area contributed by atoms with Crippen LogP contribution in [0.1, 0.15) is 0 Å². The molecule has 1 saturated carbocycles. The Bertz CT molecular complexity index is 707. The third-order valence-corrected chi connectivity index (χ3v) is 4.00. The first-order chi connectivity index (χ1) is 12.2. The number of aliphatic carboxylic acids is 1. The average Bonchev–Trinajstić information content (AvgIpc) is 2.49. The van der Waals surface area contributed by atoms with Gasteiger partial charge in [-0.1, -0.05) is 0 Å². The highest BCUT2D eigenvalue weighted by Crippen LogP contribution is 2.74. The molecule has 0 radical (unpaired) electrons. The van der Waals surface area contributed by atoms with Crippen molar-refractivity contribution in [1.82, 2.24) is 0 Å². The summed E-state index contributed by atoms with van der Waals surface area (Å²) in [4.78, 5) is 10.3. The summed E-state index contributed by atoms with van der Waals surface area (Å²) in [5.41, 5.74) is -16.7. The van der Waals surface area contributed by atoms with Gasteiger partial charge < -0.3 is 5.11 Å². The van der Waals surface area contributed by atoms with Gasteiger partial charge in [0.15, 0.2) is 0 Å². The van der Waals surface area contributed by atoms with Crippen LogP contribution >= 0.6 is 0 Å². The molecule has 2 nitrogen and oxygen atoms in total. The molecule has 0 aromatic carbocycles. The van der Waals surface area contributed by atoms with Gasteiger partial charge in [-0.25, -0.2) is 13.6 Å². The zero-order chi connectivity index (χ0) is 24.1. The number of hydrogen-bond acceptors (Lipinski definition) is 1. The van der Waals surface area contributed by atoms with Crippen molar-refractivity contribution in [2.45, 2.75) is 53.0 Å². The highest BCUT2D eigenvalue weighted by atomic mass is 19.4. The molecule has 2 unspecified atom stereocenters. The van der Waals surface area contributed by atoms with Gasteiger partial charge in [-0.2, -0.15) is 65.9 Å². The van der Waals surface area contributed by atoms with Crippen molar-refractivity contribution in [3.05, 3.63) is 0 Å². The largest absolute Gasteiger partial charge is 0.479 e. The van der Waals surface area contributed by atoms with Gasteiger partial charge in [0, 0.05) is 0 Å². The molecule has 0 saturated heterocycles. The molecule has 2 atom stereocenters. The Morgan fingerprint density at radius 2 is 0.931 bits per heavy atom. The molecule has 0 aromatic heterocycles. The van der Waals surface area contributed by atoms with Crippen molar-refractivity contribution in [3.8, 4) is 0 Å². The number of carboxylic acid groups (broad SMARTS) is 1. The van der Waals surface area contributed by atoms with Crippen molar-refractivity contribution in [2.75, 3.05) is 0 Å². The van der Waals surface area contributed by atoms with E-state index in [4.69, 9.17) is 5.11 Å². The smallest absolute Gasteiger partial charge is 0.460 e. The molecule has 0 heterocycles. The van der Waals surface area contributed by atoms with E-state index in [1.165, 1.54) is 0 Å². The predicted octanol–water partition coefficient (Wildman–Crippen LogP) is 4.88. The Kier molecular flexibility index (Phi) is 4.80. The molecule has 1 aliphatic rings. The Morgan fingerprint density at radius 1 is 0.586 bits per heavy atom. The molecule has 0 aliphatic heterocycles. The van der Waals surface area contributed by atoms with Gasteiger partial charge in [0.25, 0.3) is 0 Å². The number of hydrogen-bond donors (Lipinski definition) is 1. The summed E-state index contributed by atoms with van der Waals surface area (Å²) in [5, 5.41) is 8.00. The SMILES string of the molecule is O=C(O)C1(F)C(F)(F)C(F)(F)C(F)(F)C(F)(C(F)(F)C(F)(F)C(F)(F)F)C1(F)F. The van der Waals surface area contributed by atoms with E-state index < -0.39 is 59.0 Å². The number of carboxylic acids is 1. The first-order valence-corrected chi connectivity index (χ1v) is 6.14. The summed E-state index contributed by atoms with van der Waals surface area (Å²) < 4.78 is 224. The Morgan fingerprint density at radius 3 is 1.21 bits per heavy atom. The van der Waals surface area contributed by atoms with Crippen LogP contribution in [0.5, 0.6) is 0 Å². The van der Waals surface area contributed by atoms with Crippen LogP contribution in [0.4, 0.5) is 74.6 Å². The highest BCUT2D eigenvalue weighted by molar-refractivity contribution is 5.82. The second kappa shape index (κ2) is 5.50. The third-order valence-electron chi connectivity index (χ3n) is 4.00. The standard InChI is InChI=1S/C10HF17O2/c11-2(1(28)29)4(13,14)3(12,6(17,18)8(21,22)5(2,15)16)7(19,20)9(23,24)10(25,26)27/h(H,28,29). The minimum Gasteiger partial charge on any atom is -0.479 e. The summed E-state index contributed by atoms with van der Waals surface area (Å²) in [6.45, 7) is 0. The first-order valence-electron chi connectivity index (χ1n) is 6.14. The van der Waals surface area contributed by atoms with Crippen LogP contribution < -0.4 is 0 Å². The molecule has 1 N–H and O–H groups in total. The van der Waals surface area contributed by atoms with E-state index in [9.17, 15) is 79.4 Å². The normalized spacial score (nSPS) is 34.0. The lowest BCUT2D eigenvalue weighted by atomic mass is 9.63. The fourth-order valence-electron chi connectivity index (χ4n) is 2.32. The van der Waals surface area contributed by atoms with Crippen LogP contribution in [0, 0.1) is 0 Å². The highest BCUT2D eigenvalue weighted by Gasteiger charge is 3.08. The molecule has 1 fully saturated rings. The molecular weight excluding hydrogens is 475 g/mol. The molecule has 0 amide bonds. The summed E-state index contributed by atoms with van der Waals surface area (Å²) >= 11 is 0. The summed E-state index contributed by atoms with van der Waals surface area (Å²) in [5.74, 6) is -55.4. The van der Waals surface area contributed by atoms with Crippen molar-refractivity contribution >= 4 is 5.97 Å². The third kappa shape index (κ3) is 2.13. The maximum Gasteiger partial charge on any atom is 0.460 e. The van der Waals surface area contributed by atoms with Crippen molar-refractivity contribution < 1.29 is 84.5 Å². The van der Waals surface area contributed by atoms with Crippen LogP contribution in [0.2, 0.25) is 0 Å². The van der Waals surface area contributed by atoms with E-state index in [1.54, 1.807) is 0 Å². The van der Waals surface area contributed by atoms with Crippen molar-refractivity contribution in [1.29, 1.82) is 0 Å². The van der Waals surface area contributed by atoms with Crippen LogP contribution in [0.15, 0.2) is 0 Å². The average molecular weight is 476 g/mol. The van der Waals surface area contributed by atoms with E-state index >= 15 is 0 Å². The summed E-state index contributed by atoms with van der Waals surface area (Å²) in [7, 11) is 0. The number of halogens is 17. The molecule has 0 bridgehead atoms. The minimum atomic E-state index is -8.84.